The Balaban J connectivity index is 2.75. The van der Waals surface area contributed by atoms with Gasteiger partial charge in [0.15, 0.2) is 0 Å². The molecule has 0 aliphatic rings. The van der Waals surface area contributed by atoms with Gasteiger partial charge in [-0.3, -0.25) is 4.79 Å². The van der Waals surface area contributed by atoms with Crippen LogP contribution in [-0.2, 0) is 5.41 Å². The van der Waals surface area contributed by atoms with E-state index in [0.29, 0.717) is 5.56 Å². The van der Waals surface area contributed by atoms with E-state index in [-0.39, 0.29) is 5.41 Å². The predicted molar refractivity (Wildman–Crippen MR) is 91.5 cm³/mol. The van der Waals surface area contributed by atoms with Crippen molar-refractivity contribution < 1.29 is 4.79 Å². The smallest absolute Gasteiger partial charge is 0.249 e. The lowest BCUT2D eigenvalue weighted by molar-refractivity contribution is 0.100. The number of nitrogens with two attached hydrogens (primary N) is 1. The van der Waals surface area contributed by atoms with Crippen molar-refractivity contribution in [3.63, 3.8) is 0 Å². The Morgan fingerprint density at radius 3 is 2.33 bits per heavy atom. The summed E-state index contributed by atoms with van der Waals surface area (Å²) in [5, 5.41) is 0. The van der Waals surface area contributed by atoms with Gasteiger partial charge in [0.1, 0.15) is 0 Å². The van der Waals surface area contributed by atoms with Crippen molar-refractivity contribution in [2.24, 2.45) is 5.73 Å². The highest BCUT2D eigenvalue weighted by molar-refractivity contribution is 9.10. The van der Waals surface area contributed by atoms with Crippen LogP contribution in [0, 0.1) is 6.92 Å². The first-order valence-electron chi connectivity index (χ1n) is 6.91. The summed E-state index contributed by atoms with van der Waals surface area (Å²) in [6.07, 6.45) is 0. The topological polar surface area (TPSA) is 43.1 Å². The van der Waals surface area contributed by atoms with E-state index in [1.807, 2.05) is 37.3 Å². The number of primary amides is 1. The van der Waals surface area contributed by atoms with Crippen LogP contribution in [0.1, 0.15) is 42.3 Å². The molecule has 0 heterocycles. The number of benzene rings is 2. The molecule has 0 saturated carbocycles. The molecular formula is C18H20BrNO. The van der Waals surface area contributed by atoms with Gasteiger partial charge in [0.2, 0.25) is 5.91 Å². The van der Waals surface area contributed by atoms with Crippen molar-refractivity contribution in [2.75, 3.05) is 0 Å². The molecule has 2 rings (SSSR count). The molecule has 2 aromatic carbocycles. The minimum absolute atomic E-state index is 0.0187. The van der Waals surface area contributed by atoms with Gasteiger partial charge in [0.05, 0.1) is 0 Å². The molecule has 0 radical (unpaired) electrons. The molecule has 0 bridgehead atoms. The Kier molecular flexibility index (Phi) is 4.24. The highest BCUT2D eigenvalue weighted by Crippen LogP contribution is 2.34. The summed E-state index contributed by atoms with van der Waals surface area (Å²) >= 11 is 3.55. The maximum absolute atomic E-state index is 11.8. The second-order valence-electron chi connectivity index (χ2n) is 6.29. The van der Waals surface area contributed by atoms with Crippen LogP contribution in [0.5, 0.6) is 0 Å². The van der Waals surface area contributed by atoms with Gasteiger partial charge < -0.3 is 5.73 Å². The third kappa shape index (κ3) is 3.18. The fraction of sp³-hybridized carbons (Fsp3) is 0.278. The van der Waals surface area contributed by atoms with Gasteiger partial charge in [-0.2, -0.15) is 0 Å². The lowest BCUT2D eigenvalue weighted by Crippen LogP contribution is -2.16. The molecule has 0 aliphatic heterocycles. The number of hydrogen-bond donors (Lipinski definition) is 1. The molecule has 0 aliphatic carbocycles. The summed E-state index contributed by atoms with van der Waals surface area (Å²) in [4.78, 5) is 11.8. The standard InChI is InChI=1S/C18H20BrNO/c1-11-13(6-5-7-16(11)19)15-10-12(18(2,3)4)8-9-14(15)17(20)21/h5-10H,1-4H3,(H2,20,21). The van der Waals surface area contributed by atoms with Crippen molar-refractivity contribution in [2.45, 2.75) is 33.1 Å². The predicted octanol–water partition coefficient (Wildman–Crippen LogP) is 4.82. The van der Waals surface area contributed by atoms with Gasteiger partial charge in [0, 0.05) is 10.0 Å². The van der Waals surface area contributed by atoms with E-state index < -0.39 is 5.91 Å². The number of amides is 1. The molecule has 0 atom stereocenters. The lowest BCUT2D eigenvalue weighted by atomic mass is 9.83. The summed E-state index contributed by atoms with van der Waals surface area (Å²) in [6, 6.07) is 11.9. The quantitative estimate of drug-likeness (QED) is 0.832. The SMILES string of the molecule is Cc1c(Br)cccc1-c1cc(C(C)(C)C)ccc1C(N)=O. The Bertz CT molecular complexity index is 699. The zero-order chi connectivity index (χ0) is 15.8. The first kappa shape index (κ1) is 15.8. The summed E-state index contributed by atoms with van der Waals surface area (Å²) < 4.78 is 1.02. The molecule has 2 aromatic rings. The summed E-state index contributed by atoms with van der Waals surface area (Å²) in [5.74, 6) is -0.398. The van der Waals surface area contributed by atoms with E-state index in [9.17, 15) is 4.79 Å². The fourth-order valence-corrected chi connectivity index (χ4v) is 2.71. The average molecular weight is 346 g/mol. The largest absolute Gasteiger partial charge is 0.366 e. The highest BCUT2D eigenvalue weighted by atomic mass is 79.9. The molecule has 2 nitrogen and oxygen atoms in total. The molecular weight excluding hydrogens is 326 g/mol. The van der Waals surface area contributed by atoms with E-state index in [1.165, 1.54) is 5.56 Å². The van der Waals surface area contributed by atoms with E-state index in [2.05, 4.69) is 42.8 Å². The van der Waals surface area contributed by atoms with Crippen LogP contribution in [-0.4, -0.2) is 5.91 Å². The maximum atomic E-state index is 11.8. The van der Waals surface area contributed by atoms with Crippen LogP contribution in [0.25, 0.3) is 11.1 Å². The van der Waals surface area contributed by atoms with Gasteiger partial charge in [-0.25, -0.2) is 0 Å². The van der Waals surface area contributed by atoms with Crippen LogP contribution in [0.2, 0.25) is 0 Å². The molecule has 0 saturated heterocycles. The fourth-order valence-electron chi connectivity index (χ4n) is 2.35. The van der Waals surface area contributed by atoms with Crippen molar-refractivity contribution in [1.29, 1.82) is 0 Å². The van der Waals surface area contributed by atoms with Gasteiger partial charge in [0.25, 0.3) is 0 Å². The molecule has 0 fully saturated rings. The molecule has 21 heavy (non-hydrogen) atoms. The zero-order valence-corrected chi connectivity index (χ0v) is 14.4. The van der Waals surface area contributed by atoms with Crippen molar-refractivity contribution in [3.05, 3.63) is 57.6 Å². The number of halogens is 1. The van der Waals surface area contributed by atoms with E-state index >= 15 is 0 Å². The highest BCUT2D eigenvalue weighted by Gasteiger charge is 2.19. The Morgan fingerprint density at radius 1 is 1.10 bits per heavy atom. The summed E-state index contributed by atoms with van der Waals surface area (Å²) in [6.45, 7) is 8.51. The average Bonchev–Trinajstić information content (AvgIpc) is 2.40. The van der Waals surface area contributed by atoms with Crippen LogP contribution in [0.4, 0.5) is 0 Å². The Hall–Kier alpha value is -1.61. The summed E-state index contributed by atoms with van der Waals surface area (Å²) in [5.41, 5.74) is 10.3. The first-order valence-corrected chi connectivity index (χ1v) is 7.71. The maximum Gasteiger partial charge on any atom is 0.249 e. The van der Waals surface area contributed by atoms with E-state index in [4.69, 9.17) is 5.73 Å². The van der Waals surface area contributed by atoms with Crippen LogP contribution < -0.4 is 5.73 Å². The molecule has 0 spiro atoms. The van der Waals surface area contributed by atoms with Crippen LogP contribution in [0.3, 0.4) is 0 Å². The third-order valence-electron chi connectivity index (χ3n) is 3.71. The van der Waals surface area contributed by atoms with E-state index in [0.717, 1.165) is 21.2 Å². The monoisotopic (exact) mass is 345 g/mol. The molecule has 3 heteroatoms. The van der Waals surface area contributed by atoms with Gasteiger partial charge in [-0.15, -0.1) is 0 Å². The van der Waals surface area contributed by atoms with Gasteiger partial charge in [-0.1, -0.05) is 54.9 Å². The number of hydrogen-bond acceptors (Lipinski definition) is 1. The van der Waals surface area contributed by atoms with E-state index in [1.54, 1.807) is 0 Å². The van der Waals surface area contributed by atoms with Gasteiger partial charge >= 0.3 is 0 Å². The summed E-state index contributed by atoms with van der Waals surface area (Å²) in [7, 11) is 0. The van der Waals surface area contributed by atoms with Crippen LogP contribution in [0.15, 0.2) is 40.9 Å². The molecule has 110 valence electrons. The Labute approximate surface area is 134 Å². The molecule has 0 aromatic heterocycles. The minimum Gasteiger partial charge on any atom is -0.366 e. The number of carbonyl (C=O) groups is 1. The second-order valence-corrected chi connectivity index (χ2v) is 7.14. The Morgan fingerprint density at radius 2 is 1.76 bits per heavy atom. The van der Waals surface area contributed by atoms with Gasteiger partial charge in [-0.05, 0) is 52.8 Å². The van der Waals surface area contributed by atoms with Crippen molar-refractivity contribution in [3.8, 4) is 11.1 Å². The first-order chi connectivity index (χ1) is 9.71. The second kappa shape index (κ2) is 5.64. The third-order valence-corrected chi connectivity index (χ3v) is 4.57. The number of rotatable bonds is 2. The lowest BCUT2D eigenvalue weighted by Gasteiger charge is -2.21. The number of carbonyl (C=O) groups excluding carboxylic acids is 1. The molecule has 0 unspecified atom stereocenters. The van der Waals surface area contributed by atoms with Crippen molar-refractivity contribution >= 4 is 21.8 Å². The minimum atomic E-state index is -0.398. The molecule has 1 amide bonds. The van der Waals surface area contributed by atoms with Crippen molar-refractivity contribution in [1.82, 2.24) is 0 Å². The zero-order valence-electron chi connectivity index (χ0n) is 12.8. The normalized spacial score (nSPS) is 11.5. The van der Waals surface area contributed by atoms with Crippen LogP contribution >= 0.6 is 15.9 Å². The molecule has 2 N–H and O–H groups in total.